The molecule has 1 aromatic carbocycles. The van der Waals surface area contributed by atoms with Gasteiger partial charge in [-0.3, -0.25) is 4.84 Å². The van der Waals surface area contributed by atoms with Crippen molar-refractivity contribution in [2.45, 2.75) is 13.2 Å². The lowest BCUT2D eigenvalue weighted by Gasteiger charge is -2.20. The lowest BCUT2D eigenvalue weighted by Crippen LogP contribution is -2.30. The normalized spacial score (nSPS) is 10.5. The Kier molecular flexibility index (Phi) is 6.95. The van der Waals surface area contributed by atoms with E-state index in [2.05, 4.69) is 9.72 Å². The number of anilines is 1. The number of hydrogen-bond acceptors (Lipinski definition) is 6. The molecule has 1 heterocycles. The van der Waals surface area contributed by atoms with Crippen LogP contribution in [0.5, 0.6) is 0 Å². The molecule has 0 bridgehead atoms. The molecule has 0 spiro atoms. The van der Waals surface area contributed by atoms with E-state index in [1.165, 1.54) is 14.2 Å². The highest BCUT2D eigenvalue weighted by molar-refractivity contribution is 6.30. The predicted octanol–water partition coefficient (Wildman–Crippen LogP) is 3.52. The predicted molar refractivity (Wildman–Crippen MR) is 87.2 cm³/mol. The molecule has 0 aliphatic heterocycles. The minimum absolute atomic E-state index is 0.102. The van der Waals surface area contributed by atoms with E-state index in [4.69, 9.17) is 26.2 Å². The molecule has 0 saturated carbocycles. The second kappa shape index (κ2) is 9.19. The standard InChI is InChI=1S/C16H17ClN2O5/c1-21-16(20)19(22-2)14-8-4-3-6-12(14)10-23-24-11-13-7-5-9-18-15(13)17/h3-9H,10-11H2,1-2H3. The maximum atomic E-state index is 11.7. The van der Waals surface area contributed by atoms with Gasteiger partial charge in [-0.2, -0.15) is 5.06 Å². The summed E-state index contributed by atoms with van der Waals surface area (Å²) in [5.41, 5.74) is 1.89. The Morgan fingerprint density at radius 1 is 1.08 bits per heavy atom. The number of carbonyl (C=O) groups is 1. The van der Waals surface area contributed by atoms with Gasteiger partial charge in [-0.15, -0.1) is 0 Å². The molecule has 128 valence electrons. The summed E-state index contributed by atoms with van der Waals surface area (Å²) in [5.74, 6) is 0. The third kappa shape index (κ3) is 4.65. The Morgan fingerprint density at radius 3 is 2.42 bits per heavy atom. The molecule has 2 aromatic rings. The summed E-state index contributed by atoms with van der Waals surface area (Å²) in [4.78, 5) is 31.1. The van der Waals surface area contributed by atoms with Gasteiger partial charge in [0.05, 0.1) is 19.9 Å². The van der Waals surface area contributed by atoms with E-state index in [1.54, 1.807) is 36.5 Å². The van der Waals surface area contributed by atoms with Gasteiger partial charge in [-0.1, -0.05) is 35.9 Å². The summed E-state index contributed by atoms with van der Waals surface area (Å²) in [7, 11) is 2.64. The topological polar surface area (TPSA) is 70.1 Å². The summed E-state index contributed by atoms with van der Waals surface area (Å²) >= 11 is 5.94. The van der Waals surface area contributed by atoms with Crippen molar-refractivity contribution in [2.75, 3.05) is 19.3 Å². The number of methoxy groups -OCH3 is 1. The fraction of sp³-hybridized carbons (Fsp3) is 0.250. The van der Waals surface area contributed by atoms with Crippen LogP contribution in [0.2, 0.25) is 5.15 Å². The molecule has 0 aliphatic rings. The van der Waals surface area contributed by atoms with Crippen LogP contribution < -0.4 is 5.06 Å². The fourth-order valence-corrected chi connectivity index (χ4v) is 2.10. The van der Waals surface area contributed by atoms with Gasteiger partial charge in [-0.05, 0) is 12.1 Å². The number of rotatable bonds is 7. The Hall–Kier alpha value is -2.19. The molecule has 1 aromatic heterocycles. The lowest BCUT2D eigenvalue weighted by atomic mass is 10.2. The van der Waals surface area contributed by atoms with Crippen LogP contribution >= 0.6 is 11.6 Å². The molecular formula is C16H17ClN2O5. The Balaban J connectivity index is 1.98. The number of amides is 1. The van der Waals surface area contributed by atoms with Gasteiger partial charge in [0.2, 0.25) is 0 Å². The van der Waals surface area contributed by atoms with Crippen LogP contribution in [0.1, 0.15) is 11.1 Å². The number of hydroxylamine groups is 1. The number of halogens is 1. The van der Waals surface area contributed by atoms with Crippen molar-refractivity contribution >= 4 is 23.4 Å². The van der Waals surface area contributed by atoms with Crippen molar-refractivity contribution < 1.29 is 24.1 Å². The van der Waals surface area contributed by atoms with Crippen molar-refractivity contribution in [2.24, 2.45) is 0 Å². The average molecular weight is 353 g/mol. The third-order valence-electron chi connectivity index (χ3n) is 3.08. The number of benzene rings is 1. The number of nitrogens with zero attached hydrogens (tertiary/aromatic N) is 2. The van der Waals surface area contributed by atoms with Crippen molar-refractivity contribution in [3.63, 3.8) is 0 Å². The first kappa shape index (κ1) is 18.2. The molecule has 8 heteroatoms. The Morgan fingerprint density at radius 2 is 1.75 bits per heavy atom. The van der Waals surface area contributed by atoms with Gasteiger partial charge in [-0.25, -0.2) is 19.6 Å². The fourth-order valence-electron chi connectivity index (χ4n) is 1.92. The monoisotopic (exact) mass is 352 g/mol. The maximum absolute atomic E-state index is 11.7. The van der Waals surface area contributed by atoms with Crippen molar-refractivity contribution in [1.29, 1.82) is 0 Å². The first-order valence-corrected chi connectivity index (χ1v) is 7.39. The summed E-state index contributed by atoms with van der Waals surface area (Å²) in [6.45, 7) is 0.255. The van der Waals surface area contributed by atoms with E-state index < -0.39 is 6.09 Å². The molecule has 2 rings (SSSR count). The average Bonchev–Trinajstić information content (AvgIpc) is 2.61. The Labute approximate surface area is 144 Å². The van der Waals surface area contributed by atoms with E-state index in [0.717, 1.165) is 5.06 Å². The van der Waals surface area contributed by atoms with E-state index in [1.807, 2.05) is 6.07 Å². The minimum Gasteiger partial charge on any atom is -0.451 e. The zero-order valence-corrected chi connectivity index (χ0v) is 14.0. The summed E-state index contributed by atoms with van der Waals surface area (Å²) in [6.07, 6.45) is 0.947. The smallest absolute Gasteiger partial charge is 0.438 e. The quantitative estimate of drug-likeness (QED) is 0.328. The second-order valence-corrected chi connectivity index (χ2v) is 4.91. The van der Waals surface area contributed by atoms with Crippen LogP contribution in [0.3, 0.4) is 0 Å². The number of hydrogen-bond donors (Lipinski definition) is 0. The number of pyridine rings is 1. The highest BCUT2D eigenvalue weighted by Crippen LogP contribution is 2.22. The van der Waals surface area contributed by atoms with Crippen molar-refractivity contribution in [3.8, 4) is 0 Å². The largest absolute Gasteiger partial charge is 0.451 e. The Bertz CT molecular complexity index is 683. The molecule has 1 amide bonds. The first-order valence-electron chi connectivity index (χ1n) is 7.01. The highest BCUT2D eigenvalue weighted by atomic mass is 35.5. The van der Waals surface area contributed by atoms with Gasteiger partial charge in [0.15, 0.2) is 0 Å². The van der Waals surface area contributed by atoms with Crippen molar-refractivity contribution in [1.82, 2.24) is 4.98 Å². The van der Waals surface area contributed by atoms with Gasteiger partial charge in [0.25, 0.3) is 0 Å². The van der Waals surface area contributed by atoms with E-state index >= 15 is 0 Å². The van der Waals surface area contributed by atoms with Gasteiger partial charge >= 0.3 is 6.09 Å². The molecule has 24 heavy (non-hydrogen) atoms. The molecule has 0 N–H and O–H groups in total. The highest BCUT2D eigenvalue weighted by Gasteiger charge is 2.19. The molecular weight excluding hydrogens is 336 g/mol. The number of para-hydroxylation sites is 1. The zero-order valence-electron chi connectivity index (χ0n) is 13.3. The van der Waals surface area contributed by atoms with Crippen LogP contribution in [0.4, 0.5) is 10.5 Å². The van der Waals surface area contributed by atoms with E-state index in [9.17, 15) is 4.79 Å². The lowest BCUT2D eigenvalue weighted by molar-refractivity contribution is -0.313. The summed E-state index contributed by atoms with van der Waals surface area (Å²) in [6, 6.07) is 10.6. The molecule has 0 unspecified atom stereocenters. The van der Waals surface area contributed by atoms with Crippen LogP contribution in [0.15, 0.2) is 42.6 Å². The van der Waals surface area contributed by atoms with Gasteiger partial charge < -0.3 is 4.74 Å². The van der Waals surface area contributed by atoms with E-state index in [-0.39, 0.29) is 13.2 Å². The van der Waals surface area contributed by atoms with Crippen molar-refractivity contribution in [3.05, 3.63) is 58.9 Å². The number of ether oxygens (including phenoxy) is 1. The summed E-state index contributed by atoms with van der Waals surface area (Å²) in [5, 5.41) is 1.38. The van der Waals surface area contributed by atoms with Gasteiger partial charge in [0, 0.05) is 17.3 Å². The molecule has 0 fully saturated rings. The van der Waals surface area contributed by atoms with Crippen LogP contribution in [-0.4, -0.2) is 25.3 Å². The van der Waals surface area contributed by atoms with E-state index in [0.29, 0.717) is 22.0 Å². The third-order valence-corrected chi connectivity index (χ3v) is 3.42. The zero-order chi connectivity index (χ0) is 17.4. The number of carbonyl (C=O) groups excluding carboxylic acids is 1. The molecule has 0 saturated heterocycles. The van der Waals surface area contributed by atoms with Gasteiger partial charge in [0.1, 0.15) is 18.4 Å². The maximum Gasteiger partial charge on any atom is 0.438 e. The molecule has 7 nitrogen and oxygen atoms in total. The molecule has 0 atom stereocenters. The van der Waals surface area contributed by atoms with Crippen LogP contribution in [0.25, 0.3) is 0 Å². The molecule has 0 radical (unpaired) electrons. The minimum atomic E-state index is -0.645. The first-order chi connectivity index (χ1) is 11.7. The summed E-state index contributed by atoms with van der Waals surface area (Å²) < 4.78 is 4.68. The number of aromatic nitrogens is 1. The molecule has 0 aliphatic carbocycles. The van der Waals surface area contributed by atoms with Crippen LogP contribution in [0, 0.1) is 0 Å². The second-order valence-electron chi connectivity index (χ2n) is 4.55. The van der Waals surface area contributed by atoms with Crippen LogP contribution in [-0.2, 0) is 32.6 Å². The SMILES string of the molecule is COC(=O)N(OC)c1ccccc1COOCc1cccnc1Cl.